The van der Waals surface area contributed by atoms with Crippen LogP contribution < -0.4 is 31.0 Å². The molecule has 36 heavy (non-hydrogen) atoms. The first-order valence-corrected chi connectivity index (χ1v) is 11.3. The lowest BCUT2D eigenvalue weighted by atomic mass is 9.99. The highest BCUT2D eigenvalue weighted by molar-refractivity contribution is 6.32. The Morgan fingerprint density at radius 1 is 1.11 bits per heavy atom. The highest BCUT2D eigenvalue weighted by Gasteiger charge is 2.56. The number of ether oxygens (including phenoxy) is 2. The molecule has 0 bridgehead atoms. The number of nitrogens with zero attached hydrogens (tertiary/aromatic N) is 3. The van der Waals surface area contributed by atoms with Crippen LogP contribution in [0.3, 0.4) is 0 Å². The lowest BCUT2D eigenvalue weighted by Gasteiger charge is -2.38. The fourth-order valence-electron chi connectivity index (χ4n) is 3.90. The van der Waals surface area contributed by atoms with Crippen LogP contribution in [0.2, 0.25) is 10.0 Å². The van der Waals surface area contributed by atoms with Crippen molar-refractivity contribution in [3.05, 3.63) is 46.4 Å². The Morgan fingerprint density at radius 2 is 1.69 bits per heavy atom. The SMILES string of the molecule is COc1ccc(NC(=O)N(O)C2N(c3ccc(OC)c(Cl)c3)C(=O)N(CC(=O)NN)C2(C)C)cc1Cl. The van der Waals surface area contributed by atoms with E-state index in [-0.39, 0.29) is 21.4 Å². The maximum absolute atomic E-state index is 13.5. The molecule has 1 fully saturated rings. The number of urea groups is 2. The van der Waals surface area contributed by atoms with Crippen molar-refractivity contribution in [2.75, 3.05) is 31.0 Å². The summed E-state index contributed by atoms with van der Waals surface area (Å²) in [5.74, 6) is 5.33. The van der Waals surface area contributed by atoms with Crippen LogP contribution in [0.1, 0.15) is 13.8 Å². The second-order valence-corrected chi connectivity index (χ2v) is 9.09. The molecule has 0 spiro atoms. The smallest absolute Gasteiger partial charge is 0.347 e. The zero-order chi connectivity index (χ0) is 26.8. The van der Waals surface area contributed by atoms with E-state index in [2.05, 4.69) is 5.32 Å². The summed E-state index contributed by atoms with van der Waals surface area (Å²) in [6, 6.07) is 7.39. The van der Waals surface area contributed by atoms with Gasteiger partial charge in [-0.15, -0.1) is 0 Å². The zero-order valence-corrected chi connectivity index (χ0v) is 21.4. The van der Waals surface area contributed by atoms with Crippen molar-refractivity contribution >= 4 is 52.5 Å². The van der Waals surface area contributed by atoms with E-state index in [0.717, 1.165) is 4.90 Å². The van der Waals surface area contributed by atoms with Crippen LogP contribution in [0.5, 0.6) is 11.5 Å². The molecule has 0 radical (unpaired) electrons. The molecule has 0 aliphatic carbocycles. The number of rotatable bonds is 7. The van der Waals surface area contributed by atoms with Crippen LogP contribution in [0.25, 0.3) is 0 Å². The van der Waals surface area contributed by atoms with Crippen LogP contribution in [0.15, 0.2) is 36.4 Å². The summed E-state index contributed by atoms with van der Waals surface area (Å²) in [5, 5.41) is 14.4. The Morgan fingerprint density at radius 3 is 2.22 bits per heavy atom. The molecule has 194 valence electrons. The molecule has 14 heteroatoms. The normalized spacial score (nSPS) is 16.6. The monoisotopic (exact) mass is 540 g/mol. The topological polar surface area (TPSA) is 150 Å². The van der Waals surface area contributed by atoms with Gasteiger partial charge >= 0.3 is 12.1 Å². The van der Waals surface area contributed by atoms with Crippen molar-refractivity contribution in [1.82, 2.24) is 15.4 Å². The fourth-order valence-corrected chi connectivity index (χ4v) is 4.41. The van der Waals surface area contributed by atoms with Gasteiger partial charge < -0.3 is 19.7 Å². The van der Waals surface area contributed by atoms with Crippen molar-refractivity contribution in [3.63, 3.8) is 0 Å². The first-order valence-electron chi connectivity index (χ1n) is 10.5. The van der Waals surface area contributed by atoms with E-state index < -0.39 is 36.2 Å². The number of carbonyl (C=O) groups excluding carboxylic acids is 3. The lowest BCUT2D eigenvalue weighted by Crippen LogP contribution is -2.58. The number of amides is 5. The van der Waals surface area contributed by atoms with Crippen molar-refractivity contribution in [2.24, 2.45) is 5.84 Å². The van der Waals surface area contributed by atoms with Gasteiger partial charge in [-0.2, -0.15) is 5.06 Å². The number of nitrogens with two attached hydrogens (primary N) is 1. The Labute approximate surface area is 217 Å². The van der Waals surface area contributed by atoms with Gasteiger partial charge in [0.1, 0.15) is 18.0 Å². The molecule has 0 aromatic heterocycles. The number of halogens is 2. The van der Waals surface area contributed by atoms with E-state index in [4.69, 9.17) is 38.5 Å². The summed E-state index contributed by atoms with van der Waals surface area (Å²) in [7, 11) is 2.89. The second-order valence-electron chi connectivity index (χ2n) is 8.28. The minimum absolute atomic E-state index is 0.194. The Kier molecular flexibility index (Phi) is 8.04. The summed E-state index contributed by atoms with van der Waals surface area (Å²) in [6.45, 7) is 2.75. The van der Waals surface area contributed by atoms with Crippen LogP contribution in [-0.2, 0) is 4.79 Å². The van der Waals surface area contributed by atoms with Gasteiger partial charge in [0.05, 0.1) is 29.8 Å². The number of hydrazine groups is 1. The molecule has 5 amide bonds. The number of benzene rings is 2. The average molecular weight is 541 g/mol. The van der Waals surface area contributed by atoms with Gasteiger partial charge in [-0.1, -0.05) is 23.2 Å². The van der Waals surface area contributed by atoms with E-state index in [1.807, 2.05) is 5.43 Å². The van der Waals surface area contributed by atoms with E-state index in [9.17, 15) is 19.6 Å². The van der Waals surface area contributed by atoms with E-state index >= 15 is 0 Å². The third kappa shape index (κ3) is 5.07. The van der Waals surface area contributed by atoms with E-state index in [1.165, 1.54) is 49.5 Å². The van der Waals surface area contributed by atoms with Crippen molar-refractivity contribution in [3.8, 4) is 11.5 Å². The van der Waals surface area contributed by atoms with Gasteiger partial charge in [0.25, 0.3) is 5.91 Å². The van der Waals surface area contributed by atoms with Gasteiger partial charge in [-0.3, -0.25) is 20.3 Å². The maximum atomic E-state index is 13.5. The molecule has 1 saturated heterocycles. The number of carbonyl (C=O) groups is 3. The zero-order valence-electron chi connectivity index (χ0n) is 19.9. The highest BCUT2D eigenvalue weighted by Crippen LogP contribution is 2.40. The maximum Gasteiger partial charge on any atom is 0.347 e. The van der Waals surface area contributed by atoms with Gasteiger partial charge in [0.15, 0.2) is 6.17 Å². The van der Waals surface area contributed by atoms with Crippen molar-refractivity contribution in [2.45, 2.75) is 25.6 Å². The molecule has 1 atom stereocenters. The molecular weight excluding hydrogens is 515 g/mol. The standard InChI is InChI=1S/C22H26Cl2N6O6/c1-22(2)19(30(34)20(32)26-12-5-7-16(35-3)14(23)9-12)29(21(33)28(22)11-18(31)27-25)13-6-8-17(36-4)15(24)10-13/h5-10,19,34H,11,25H2,1-4H3,(H,26,32)(H,27,31). The highest BCUT2D eigenvalue weighted by atomic mass is 35.5. The van der Waals surface area contributed by atoms with Crippen LogP contribution in [0.4, 0.5) is 21.0 Å². The lowest BCUT2D eigenvalue weighted by molar-refractivity contribution is -0.124. The first-order chi connectivity index (χ1) is 17.0. The number of methoxy groups -OCH3 is 2. The molecule has 2 aromatic rings. The Balaban J connectivity index is 2.01. The Bertz CT molecular complexity index is 1180. The van der Waals surface area contributed by atoms with Crippen molar-refractivity contribution in [1.29, 1.82) is 0 Å². The van der Waals surface area contributed by atoms with Gasteiger partial charge in [-0.25, -0.2) is 15.4 Å². The molecule has 1 aliphatic rings. The van der Waals surface area contributed by atoms with Gasteiger partial charge in [0, 0.05) is 11.4 Å². The fraction of sp³-hybridized carbons (Fsp3) is 0.318. The minimum atomic E-state index is -1.30. The number of anilines is 2. The molecule has 0 saturated carbocycles. The summed E-state index contributed by atoms with van der Waals surface area (Å²) in [5.41, 5.74) is 1.22. The number of hydrogen-bond acceptors (Lipinski definition) is 7. The first kappa shape index (κ1) is 27.1. The summed E-state index contributed by atoms with van der Waals surface area (Å²) >= 11 is 12.4. The third-order valence-corrected chi connectivity index (χ3v) is 6.32. The van der Waals surface area contributed by atoms with Crippen LogP contribution in [-0.4, -0.2) is 65.6 Å². The molecule has 5 N–H and O–H groups in total. The summed E-state index contributed by atoms with van der Waals surface area (Å²) in [6.07, 6.45) is -1.30. The third-order valence-electron chi connectivity index (χ3n) is 5.73. The molecular formula is C22H26Cl2N6O6. The van der Waals surface area contributed by atoms with Crippen molar-refractivity contribution < 1.29 is 29.1 Å². The van der Waals surface area contributed by atoms with Gasteiger partial charge in [-0.05, 0) is 50.2 Å². The Hall–Kier alpha value is -3.45. The molecule has 12 nitrogen and oxygen atoms in total. The number of hydrogen-bond donors (Lipinski definition) is 4. The molecule has 1 aliphatic heterocycles. The number of nitrogens with one attached hydrogen (secondary N) is 2. The summed E-state index contributed by atoms with van der Waals surface area (Å²) < 4.78 is 10.3. The van der Waals surface area contributed by atoms with E-state index in [1.54, 1.807) is 19.9 Å². The average Bonchev–Trinajstić information content (AvgIpc) is 3.03. The van der Waals surface area contributed by atoms with E-state index in [0.29, 0.717) is 16.6 Å². The van der Waals surface area contributed by atoms with Gasteiger partial charge in [0.2, 0.25) is 0 Å². The predicted octanol–water partition coefficient (Wildman–Crippen LogP) is 3.27. The molecule has 3 rings (SSSR count). The number of hydroxylamine groups is 2. The molecule has 1 heterocycles. The summed E-state index contributed by atoms with van der Waals surface area (Å²) in [4.78, 5) is 41.0. The molecule has 2 aromatic carbocycles. The largest absolute Gasteiger partial charge is 0.495 e. The minimum Gasteiger partial charge on any atom is -0.495 e. The quantitative estimate of drug-likeness (QED) is 0.182. The van der Waals surface area contributed by atoms with Crippen LogP contribution >= 0.6 is 23.2 Å². The second kappa shape index (κ2) is 10.7. The predicted molar refractivity (Wildman–Crippen MR) is 133 cm³/mol. The molecule has 1 unspecified atom stereocenters. The van der Waals surface area contributed by atoms with Crippen LogP contribution in [0, 0.1) is 0 Å².